The van der Waals surface area contributed by atoms with E-state index in [0.717, 1.165) is 31.7 Å². The second kappa shape index (κ2) is 8.23. The fraction of sp³-hybridized carbons (Fsp3) is 0.455. The number of sulfonamides is 1. The summed E-state index contributed by atoms with van der Waals surface area (Å²) in [5.41, 5.74) is 1.21. The van der Waals surface area contributed by atoms with Gasteiger partial charge in [-0.1, -0.05) is 36.8 Å². The van der Waals surface area contributed by atoms with E-state index in [1.807, 2.05) is 18.2 Å². The number of fused-ring (bicyclic) bond motifs is 1. The Bertz CT molecular complexity index is 901. The van der Waals surface area contributed by atoms with Crippen molar-refractivity contribution in [3.05, 3.63) is 60.2 Å². The lowest BCUT2D eigenvalue weighted by Gasteiger charge is -2.30. The van der Waals surface area contributed by atoms with Crippen LogP contribution < -0.4 is 4.74 Å². The third-order valence-corrected chi connectivity index (χ3v) is 7.86. The topological polar surface area (TPSA) is 49.9 Å². The Morgan fingerprint density at radius 3 is 2.64 bits per heavy atom. The molecule has 0 N–H and O–H groups in total. The van der Waals surface area contributed by atoms with Crippen LogP contribution in [0.15, 0.2) is 59.5 Å². The van der Waals surface area contributed by atoms with Gasteiger partial charge in [-0.25, -0.2) is 8.42 Å². The molecule has 2 aromatic rings. The summed E-state index contributed by atoms with van der Waals surface area (Å²) in [5, 5.41) is 0. The third kappa shape index (κ3) is 3.95. The predicted molar refractivity (Wildman–Crippen MR) is 110 cm³/mol. The van der Waals surface area contributed by atoms with Gasteiger partial charge in [0.25, 0.3) is 0 Å². The summed E-state index contributed by atoms with van der Waals surface area (Å²) in [5.74, 6) is 1.26. The minimum atomic E-state index is -3.43. The number of rotatable bonds is 5. The van der Waals surface area contributed by atoms with Crippen LogP contribution in [0.4, 0.5) is 0 Å². The van der Waals surface area contributed by atoms with Crippen molar-refractivity contribution in [3.8, 4) is 5.75 Å². The number of nitrogens with zero attached hydrogens (tertiary/aromatic N) is 2. The van der Waals surface area contributed by atoms with Crippen LogP contribution in [0.5, 0.6) is 5.75 Å². The molecule has 2 aliphatic rings. The Hall–Kier alpha value is -1.89. The summed E-state index contributed by atoms with van der Waals surface area (Å²) in [6.45, 7) is 3.04. The van der Waals surface area contributed by atoms with Gasteiger partial charge >= 0.3 is 0 Å². The monoisotopic (exact) mass is 400 g/mol. The van der Waals surface area contributed by atoms with Crippen molar-refractivity contribution in [2.24, 2.45) is 5.92 Å². The molecule has 0 bridgehead atoms. The molecule has 5 nitrogen and oxygen atoms in total. The lowest BCUT2D eigenvalue weighted by Crippen LogP contribution is -2.40. The van der Waals surface area contributed by atoms with Crippen LogP contribution >= 0.6 is 0 Å². The predicted octanol–water partition coefficient (Wildman–Crippen LogP) is 3.37. The Kier molecular flexibility index (Phi) is 5.71. The highest BCUT2D eigenvalue weighted by atomic mass is 32.2. The first kappa shape index (κ1) is 19.4. The molecule has 0 radical (unpaired) electrons. The lowest BCUT2D eigenvalue weighted by atomic mass is 9.98. The molecule has 0 aliphatic carbocycles. The summed E-state index contributed by atoms with van der Waals surface area (Å²) in [7, 11) is -1.74. The molecule has 2 fully saturated rings. The molecular formula is C22H28N2O3S. The summed E-state index contributed by atoms with van der Waals surface area (Å²) in [4.78, 5) is 2.87. The van der Waals surface area contributed by atoms with Crippen molar-refractivity contribution in [1.82, 2.24) is 9.21 Å². The first-order valence-electron chi connectivity index (χ1n) is 10.00. The van der Waals surface area contributed by atoms with Crippen LogP contribution in [0.1, 0.15) is 24.8 Å². The van der Waals surface area contributed by atoms with Crippen LogP contribution in [0.2, 0.25) is 0 Å². The van der Waals surface area contributed by atoms with Gasteiger partial charge in [-0.05, 0) is 55.1 Å². The molecule has 2 atom stereocenters. The van der Waals surface area contributed by atoms with E-state index in [1.54, 1.807) is 35.7 Å². The fourth-order valence-corrected chi connectivity index (χ4v) is 6.08. The van der Waals surface area contributed by atoms with Crippen molar-refractivity contribution in [2.75, 3.05) is 26.7 Å². The number of benzene rings is 2. The van der Waals surface area contributed by atoms with E-state index >= 15 is 0 Å². The normalized spacial score (nSPS) is 23.9. The highest BCUT2D eigenvalue weighted by Gasteiger charge is 2.42. The van der Waals surface area contributed by atoms with E-state index in [-0.39, 0.29) is 6.04 Å². The van der Waals surface area contributed by atoms with Gasteiger partial charge in [-0.15, -0.1) is 0 Å². The Balaban J connectivity index is 1.54. The Morgan fingerprint density at radius 2 is 1.86 bits per heavy atom. The minimum Gasteiger partial charge on any atom is -0.497 e. The molecule has 0 aromatic heterocycles. The largest absolute Gasteiger partial charge is 0.497 e. The average molecular weight is 401 g/mol. The molecule has 2 aliphatic heterocycles. The van der Waals surface area contributed by atoms with Crippen molar-refractivity contribution < 1.29 is 13.2 Å². The molecule has 2 saturated heterocycles. The van der Waals surface area contributed by atoms with Gasteiger partial charge in [-0.3, -0.25) is 4.90 Å². The van der Waals surface area contributed by atoms with E-state index < -0.39 is 10.0 Å². The molecule has 0 unspecified atom stereocenters. The maximum absolute atomic E-state index is 13.1. The molecule has 4 rings (SSSR count). The first-order valence-corrected chi connectivity index (χ1v) is 11.4. The molecule has 0 saturated carbocycles. The van der Waals surface area contributed by atoms with Crippen molar-refractivity contribution in [1.29, 1.82) is 0 Å². The summed E-state index contributed by atoms with van der Waals surface area (Å²) in [6.07, 6.45) is 3.43. The first-order chi connectivity index (χ1) is 13.6. The number of likely N-dealkylation sites (tertiary alicyclic amines) is 1. The van der Waals surface area contributed by atoms with Gasteiger partial charge < -0.3 is 4.74 Å². The minimum absolute atomic E-state index is 0.271. The van der Waals surface area contributed by atoms with Crippen LogP contribution in [-0.2, 0) is 16.6 Å². The zero-order valence-electron chi connectivity index (χ0n) is 16.3. The van der Waals surface area contributed by atoms with Crippen molar-refractivity contribution in [2.45, 2.75) is 36.7 Å². The molecule has 6 heteroatoms. The second-order valence-corrected chi connectivity index (χ2v) is 9.72. The van der Waals surface area contributed by atoms with E-state index in [9.17, 15) is 8.42 Å². The van der Waals surface area contributed by atoms with Crippen molar-refractivity contribution >= 4 is 10.0 Å². The number of hydrogen-bond acceptors (Lipinski definition) is 4. The van der Waals surface area contributed by atoms with Gasteiger partial charge in [0.2, 0.25) is 10.0 Å². The summed E-state index contributed by atoms with van der Waals surface area (Å²) in [6, 6.07) is 17.3. The molecule has 28 heavy (non-hydrogen) atoms. The van der Waals surface area contributed by atoms with Crippen molar-refractivity contribution in [3.63, 3.8) is 0 Å². The average Bonchev–Trinajstić information content (AvgIpc) is 3.08. The fourth-order valence-electron chi connectivity index (χ4n) is 4.54. The van der Waals surface area contributed by atoms with Gasteiger partial charge in [0.1, 0.15) is 5.75 Å². The zero-order chi connectivity index (χ0) is 19.6. The Morgan fingerprint density at radius 1 is 1.04 bits per heavy atom. The number of ether oxygens (including phenoxy) is 1. The summed E-state index contributed by atoms with van der Waals surface area (Å²) < 4.78 is 33.3. The molecule has 150 valence electrons. The SMILES string of the molecule is COc1cccc(CN2CCCC[C@H]3CN(S(=O)(=O)c4ccccc4)C[C@H]32)c1. The van der Waals surface area contributed by atoms with Crippen LogP contribution in [0.25, 0.3) is 0 Å². The summed E-state index contributed by atoms with van der Waals surface area (Å²) >= 11 is 0. The molecule has 0 spiro atoms. The molecular weight excluding hydrogens is 372 g/mol. The van der Waals surface area contributed by atoms with E-state index in [1.165, 1.54) is 12.0 Å². The van der Waals surface area contributed by atoms with Gasteiger partial charge in [-0.2, -0.15) is 4.31 Å². The molecule has 2 heterocycles. The maximum atomic E-state index is 13.1. The smallest absolute Gasteiger partial charge is 0.243 e. The number of hydrogen-bond donors (Lipinski definition) is 0. The highest BCUT2D eigenvalue weighted by Crippen LogP contribution is 2.34. The number of methoxy groups -OCH3 is 1. The van der Waals surface area contributed by atoms with Crippen LogP contribution in [0.3, 0.4) is 0 Å². The Labute approximate surface area is 168 Å². The van der Waals surface area contributed by atoms with E-state index in [4.69, 9.17) is 4.74 Å². The standard InChI is InChI=1S/C22H28N2O3S/c1-27-20-10-7-8-18(14-20)15-23-13-6-5-9-19-16-24(17-22(19)23)28(25,26)21-11-3-2-4-12-21/h2-4,7-8,10-12,14,19,22H,5-6,9,13,15-17H2,1H3/t19-,22+/m0/s1. The van der Waals surface area contributed by atoms with E-state index in [0.29, 0.717) is 23.9 Å². The van der Waals surface area contributed by atoms with Crippen LogP contribution in [0, 0.1) is 5.92 Å². The van der Waals surface area contributed by atoms with E-state index in [2.05, 4.69) is 17.0 Å². The quantitative estimate of drug-likeness (QED) is 0.772. The van der Waals surface area contributed by atoms with Crippen LogP contribution in [-0.4, -0.2) is 50.4 Å². The van der Waals surface area contributed by atoms with Gasteiger partial charge in [0, 0.05) is 25.7 Å². The zero-order valence-corrected chi connectivity index (χ0v) is 17.1. The van der Waals surface area contributed by atoms with Gasteiger partial charge in [0.05, 0.1) is 12.0 Å². The van der Waals surface area contributed by atoms with Gasteiger partial charge in [0.15, 0.2) is 0 Å². The second-order valence-electron chi connectivity index (χ2n) is 7.78. The maximum Gasteiger partial charge on any atom is 0.243 e. The molecule has 2 aromatic carbocycles. The highest BCUT2D eigenvalue weighted by molar-refractivity contribution is 7.89. The third-order valence-electron chi connectivity index (χ3n) is 6.01. The lowest BCUT2D eigenvalue weighted by molar-refractivity contribution is 0.176. The molecule has 0 amide bonds.